The molecule has 336 valence electrons. The number of aliphatic hydroxyl groups is 2. The summed E-state index contributed by atoms with van der Waals surface area (Å²) in [6.07, 6.45) is 54.5. The highest BCUT2D eigenvalue weighted by atomic mass is 16.5. The maximum absolute atomic E-state index is 12.4. The van der Waals surface area contributed by atoms with Crippen molar-refractivity contribution in [3.8, 4) is 0 Å². The third-order valence-electron chi connectivity index (χ3n) is 11.5. The van der Waals surface area contributed by atoms with Crippen molar-refractivity contribution in [2.24, 2.45) is 0 Å². The third kappa shape index (κ3) is 43.7. The lowest BCUT2D eigenvalue weighted by Crippen LogP contribution is -2.45. The molecular weight excluding hydrogens is 707 g/mol. The number of carbonyl (C=O) groups excluding carboxylic acids is 2. The van der Waals surface area contributed by atoms with Crippen LogP contribution in [0.5, 0.6) is 0 Å². The predicted molar refractivity (Wildman–Crippen MR) is 246 cm³/mol. The molecule has 0 aromatic carbocycles. The highest BCUT2D eigenvalue weighted by Crippen LogP contribution is 2.16. The number of nitrogens with one attached hydrogen (secondary N) is 1. The normalized spacial score (nSPS) is 12.8. The van der Waals surface area contributed by atoms with Crippen LogP contribution in [-0.4, -0.2) is 47.4 Å². The molecule has 0 rings (SSSR count). The largest absolute Gasteiger partial charge is 0.466 e. The van der Waals surface area contributed by atoms with Crippen LogP contribution in [0.25, 0.3) is 0 Å². The van der Waals surface area contributed by atoms with Crippen LogP contribution in [0, 0.1) is 0 Å². The van der Waals surface area contributed by atoms with Gasteiger partial charge in [-0.05, 0) is 51.4 Å². The van der Waals surface area contributed by atoms with Crippen LogP contribution in [0.1, 0.15) is 264 Å². The Hall–Kier alpha value is -1.66. The minimum atomic E-state index is -0.852. The van der Waals surface area contributed by atoms with E-state index >= 15 is 0 Å². The van der Waals surface area contributed by atoms with Gasteiger partial charge in [0.2, 0.25) is 5.91 Å². The Labute approximate surface area is 354 Å². The van der Waals surface area contributed by atoms with Crippen molar-refractivity contribution in [3.63, 3.8) is 0 Å². The van der Waals surface area contributed by atoms with Crippen LogP contribution in [0.15, 0.2) is 24.3 Å². The SMILES string of the molecule is CCCC/C=C\CCCCCCCC(=O)OCCCCCCCCCCCCCCCC(=O)NC(CO)C(O)/C=C/CCCCCCCCCCCCCCCC. The molecule has 0 fully saturated rings. The maximum Gasteiger partial charge on any atom is 0.305 e. The second-order valence-corrected chi connectivity index (χ2v) is 17.1. The molecule has 0 aliphatic carbocycles. The molecule has 0 saturated carbocycles. The van der Waals surface area contributed by atoms with Gasteiger partial charge in [-0.3, -0.25) is 9.59 Å². The second kappa shape index (κ2) is 47.0. The van der Waals surface area contributed by atoms with E-state index in [-0.39, 0.29) is 18.5 Å². The Kier molecular flexibility index (Phi) is 45.7. The summed E-state index contributed by atoms with van der Waals surface area (Å²) in [6, 6.07) is -0.637. The minimum Gasteiger partial charge on any atom is -0.466 e. The summed E-state index contributed by atoms with van der Waals surface area (Å²) in [5.41, 5.74) is 0. The van der Waals surface area contributed by atoms with Crippen LogP contribution in [-0.2, 0) is 14.3 Å². The zero-order valence-corrected chi connectivity index (χ0v) is 38.1. The van der Waals surface area contributed by atoms with Crippen molar-refractivity contribution < 1.29 is 24.5 Å². The van der Waals surface area contributed by atoms with Gasteiger partial charge < -0.3 is 20.3 Å². The molecule has 0 spiro atoms. The zero-order chi connectivity index (χ0) is 41.5. The quantitative estimate of drug-likeness (QED) is 0.0324. The first-order valence-corrected chi connectivity index (χ1v) is 25.1. The van der Waals surface area contributed by atoms with E-state index in [1.54, 1.807) is 6.08 Å². The van der Waals surface area contributed by atoms with Crippen molar-refractivity contribution in [1.29, 1.82) is 0 Å². The molecular formula is C51H97NO5. The first kappa shape index (κ1) is 55.3. The predicted octanol–water partition coefficient (Wildman–Crippen LogP) is 14.7. The van der Waals surface area contributed by atoms with Crippen LogP contribution in [0.4, 0.5) is 0 Å². The van der Waals surface area contributed by atoms with Crippen LogP contribution in [0.3, 0.4) is 0 Å². The maximum atomic E-state index is 12.4. The Morgan fingerprint density at radius 3 is 1.30 bits per heavy atom. The lowest BCUT2D eigenvalue weighted by Gasteiger charge is -2.20. The average Bonchev–Trinajstić information content (AvgIpc) is 3.21. The topological polar surface area (TPSA) is 95.9 Å². The molecule has 2 atom stereocenters. The molecule has 1 amide bonds. The van der Waals surface area contributed by atoms with Gasteiger partial charge in [-0.15, -0.1) is 0 Å². The van der Waals surface area contributed by atoms with Crippen molar-refractivity contribution in [2.75, 3.05) is 13.2 Å². The number of carbonyl (C=O) groups is 2. The summed E-state index contributed by atoms with van der Waals surface area (Å²) in [5, 5.41) is 23.1. The van der Waals surface area contributed by atoms with E-state index in [0.717, 1.165) is 57.8 Å². The molecule has 6 heteroatoms. The third-order valence-corrected chi connectivity index (χ3v) is 11.5. The number of amides is 1. The number of rotatable bonds is 46. The number of ether oxygens (including phenoxy) is 1. The summed E-state index contributed by atoms with van der Waals surface area (Å²) >= 11 is 0. The lowest BCUT2D eigenvalue weighted by atomic mass is 10.0. The number of aliphatic hydroxyl groups excluding tert-OH is 2. The molecule has 3 N–H and O–H groups in total. The van der Waals surface area contributed by atoms with E-state index in [9.17, 15) is 19.8 Å². The molecule has 0 saturated heterocycles. The summed E-state index contributed by atoms with van der Waals surface area (Å²) < 4.78 is 5.43. The van der Waals surface area contributed by atoms with Crippen LogP contribution >= 0.6 is 0 Å². The molecule has 0 aliphatic rings. The van der Waals surface area contributed by atoms with Crippen LogP contribution < -0.4 is 5.32 Å². The number of hydrogen-bond donors (Lipinski definition) is 3. The highest BCUT2D eigenvalue weighted by Gasteiger charge is 2.18. The first-order chi connectivity index (χ1) is 28.0. The average molecular weight is 804 g/mol. The highest BCUT2D eigenvalue weighted by molar-refractivity contribution is 5.76. The Morgan fingerprint density at radius 2 is 0.842 bits per heavy atom. The standard InChI is InChI=1S/C51H97NO5/c1-3-5-7-9-11-13-15-16-17-18-20-24-27-31-35-39-43-49(54)48(47-53)52-50(55)44-40-36-32-28-25-21-19-22-26-30-34-38-42-46-57-51(56)45-41-37-33-29-23-14-12-10-8-6-4-2/h10,12,39,43,48-49,53-54H,3-9,11,13-38,40-42,44-47H2,1-2H3,(H,52,55)/b12-10-,43-39+. The van der Waals surface area contributed by atoms with Crippen molar-refractivity contribution in [3.05, 3.63) is 24.3 Å². The molecule has 2 unspecified atom stereocenters. The Morgan fingerprint density at radius 1 is 0.474 bits per heavy atom. The summed E-state index contributed by atoms with van der Waals surface area (Å²) in [7, 11) is 0. The number of unbranched alkanes of at least 4 members (excludes halogenated alkanes) is 33. The van der Waals surface area contributed by atoms with Gasteiger partial charge in [0.15, 0.2) is 0 Å². The van der Waals surface area contributed by atoms with Crippen molar-refractivity contribution in [1.82, 2.24) is 5.32 Å². The number of hydrogen-bond acceptors (Lipinski definition) is 5. The van der Waals surface area contributed by atoms with E-state index < -0.39 is 12.1 Å². The van der Waals surface area contributed by atoms with E-state index in [4.69, 9.17) is 4.74 Å². The summed E-state index contributed by atoms with van der Waals surface area (Å²) in [6.45, 7) is 4.83. The fourth-order valence-corrected chi connectivity index (χ4v) is 7.55. The van der Waals surface area contributed by atoms with E-state index in [0.29, 0.717) is 19.4 Å². The van der Waals surface area contributed by atoms with E-state index in [1.807, 2.05) is 6.08 Å². The smallest absolute Gasteiger partial charge is 0.305 e. The fourth-order valence-electron chi connectivity index (χ4n) is 7.55. The summed E-state index contributed by atoms with van der Waals surface area (Å²) in [5.74, 6) is -0.0990. The van der Waals surface area contributed by atoms with E-state index in [1.165, 1.54) is 180 Å². The van der Waals surface area contributed by atoms with Gasteiger partial charge >= 0.3 is 5.97 Å². The van der Waals surface area contributed by atoms with Gasteiger partial charge in [0.25, 0.3) is 0 Å². The molecule has 0 aromatic rings. The minimum absolute atomic E-state index is 0.0182. The van der Waals surface area contributed by atoms with Gasteiger partial charge in [0.1, 0.15) is 0 Å². The first-order valence-electron chi connectivity index (χ1n) is 25.1. The Balaban J connectivity index is 3.51. The summed E-state index contributed by atoms with van der Waals surface area (Å²) in [4.78, 5) is 24.4. The van der Waals surface area contributed by atoms with Gasteiger partial charge in [-0.1, -0.05) is 224 Å². The van der Waals surface area contributed by atoms with Gasteiger partial charge in [-0.2, -0.15) is 0 Å². The molecule has 0 aliphatic heterocycles. The van der Waals surface area contributed by atoms with Gasteiger partial charge in [0, 0.05) is 12.8 Å². The Bertz CT molecular complexity index is 889. The number of esters is 1. The second-order valence-electron chi connectivity index (χ2n) is 17.1. The molecule has 0 heterocycles. The molecule has 0 aromatic heterocycles. The zero-order valence-electron chi connectivity index (χ0n) is 38.1. The van der Waals surface area contributed by atoms with Gasteiger partial charge in [-0.25, -0.2) is 0 Å². The van der Waals surface area contributed by atoms with Gasteiger partial charge in [0.05, 0.1) is 25.4 Å². The molecule has 0 radical (unpaired) electrons. The fraction of sp³-hybridized carbons (Fsp3) is 0.882. The van der Waals surface area contributed by atoms with Crippen molar-refractivity contribution in [2.45, 2.75) is 276 Å². The van der Waals surface area contributed by atoms with Crippen LogP contribution in [0.2, 0.25) is 0 Å². The van der Waals surface area contributed by atoms with Crippen molar-refractivity contribution >= 4 is 11.9 Å². The number of allylic oxidation sites excluding steroid dienone is 3. The monoisotopic (exact) mass is 804 g/mol. The molecule has 6 nitrogen and oxygen atoms in total. The molecule has 0 bridgehead atoms. The lowest BCUT2D eigenvalue weighted by molar-refractivity contribution is -0.143. The molecule has 57 heavy (non-hydrogen) atoms. The van der Waals surface area contributed by atoms with E-state index in [2.05, 4.69) is 31.3 Å².